The topological polar surface area (TPSA) is 59.5 Å². The number of carbonyl (C=O) groups is 2. The van der Waals surface area contributed by atoms with Crippen LogP contribution >= 0.6 is 11.3 Å². The standard InChI is InChI=1S/C13H18N2O3S/c1-4-10(16)15(9-6-7-9)13-14-8(3)11(19-13)12(17)18-5-2/h9H,4-7H2,1-3H3. The number of nitrogens with zero attached hydrogens (tertiary/aromatic N) is 2. The lowest BCUT2D eigenvalue weighted by Gasteiger charge is -2.18. The van der Waals surface area contributed by atoms with Crippen LogP contribution in [-0.4, -0.2) is 29.5 Å². The van der Waals surface area contributed by atoms with Crippen molar-refractivity contribution in [1.29, 1.82) is 0 Å². The van der Waals surface area contributed by atoms with E-state index in [9.17, 15) is 9.59 Å². The van der Waals surface area contributed by atoms with Gasteiger partial charge in [0.05, 0.1) is 12.3 Å². The second-order valence-corrected chi connectivity index (χ2v) is 5.46. The number of esters is 1. The number of thiazole rings is 1. The van der Waals surface area contributed by atoms with Crippen molar-refractivity contribution < 1.29 is 14.3 Å². The van der Waals surface area contributed by atoms with Crippen molar-refractivity contribution in [1.82, 2.24) is 4.98 Å². The zero-order chi connectivity index (χ0) is 14.0. The molecule has 0 spiro atoms. The Balaban J connectivity index is 2.26. The highest BCUT2D eigenvalue weighted by Crippen LogP contribution is 2.36. The van der Waals surface area contributed by atoms with Crippen LogP contribution < -0.4 is 4.90 Å². The minimum absolute atomic E-state index is 0.0617. The molecular weight excluding hydrogens is 264 g/mol. The lowest BCUT2D eigenvalue weighted by molar-refractivity contribution is -0.118. The highest BCUT2D eigenvalue weighted by Gasteiger charge is 2.35. The molecule has 1 aromatic heterocycles. The Hall–Kier alpha value is -1.43. The van der Waals surface area contributed by atoms with Crippen LogP contribution in [0.4, 0.5) is 5.13 Å². The Morgan fingerprint density at radius 2 is 2.11 bits per heavy atom. The van der Waals surface area contributed by atoms with Crippen LogP contribution in [0.1, 0.15) is 48.5 Å². The summed E-state index contributed by atoms with van der Waals surface area (Å²) in [4.78, 5) is 30.4. The summed E-state index contributed by atoms with van der Waals surface area (Å²) in [5.41, 5.74) is 0.632. The summed E-state index contributed by atoms with van der Waals surface area (Å²) in [6, 6.07) is 0.257. The quantitative estimate of drug-likeness (QED) is 0.779. The smallest absolute Gasteiger partial charge is 0.350 e. The van der Waals surface area contributed by atoms with Gasteiger partial charge in [0.25, 0.3) is 0 Å². The molecule has 1 fully saturated rings. The minimum atomic E-state index is -0.358. The molecule has 1 aliphatic carbocycles. The van der Waals surface area contributed by atoms with Gasteiger partial charge < -0.3 is 4.74 Å². The molecule has 6 heteroatoms. The van der Waals surface area contributed by atoms with Crippen molar-refractivity contribution in [2.45, 2.75) is 46.1 Å². The van der Waals surface area contributed by atoms with Crippen LogP contribution in [0.15, 0.2) is 0 Å². The van der Waals surface area contributed by atoms with E-state index in [4.69, 9.17) is 4.74 Å². The third kappa shape index (κ3) is 2.94. The number of carbonyl (C=O) groups excluding carboxylic acids is 2. The molecule has 0 atom stereocenters. The Bertz CT molecular complexity index is 494. The first kappa shape index (κ1) is 14.0. The van der Waals surface area contributed by atoms with Crippen LogP contribution in [0, 0.1) is 6.92 Å². The van der Waals surface area contributed by atoms with E-state index in [0.717, 1.165) is 12.8 Å². The molecule has 0 aromatic carbocycles. The predicted molar refractivity (Wildman–Crippen MR) is 73.6 cm³/mol. The number of hydrogen-bond acceptors (Lipinski definition) is 5. The van der Waals surface area contributed by atoms with Crippen LogP contribution in [0.3, 0.4) is 0 Å². The Morgan fingerprint density at radius 3 is 2.63 bits per heavy atom. The number of amides is 1. The molecule has 5 nitrogen and oxygen atoms in total. The Kier molecular flexibility index (Phi) is 4.19. The van der Waals surface area contributed by atoms with Gasteiger partial charge in [-0.05, 0) is 26.7 Å². The molecule has 0 radical (unpaired) electrons. The maximum absolute atomic E-state index is 12.0. The van der Waals surface area contributed by atoms with Gasteiger partial charge in [-0.1, -0.05) is 18.3 Å². The van der Waals surface area contributed by atoms with Crippen molar-refractivity contribution in [3.8, 4) is 0 Å². The first-order valence-electron chi connectivity index (χ1n) is 6.55. The summed E-state index contributed by atoms with van der Waals surface area (Å²) in [5, 5.41) is 0.620. The summed E-state index contributed by atoms with van der Waals surface area (Å²) >= 11 is 1.25. The van der Waals surface area contributed by atoms with E-state index in [1.165, 1.54) is 11.3 Å². The van der Waals surface area contributed by atoms with Gasteiger partial charge in [0, 0.05) is 12.5 Å². The first-order chi connectivity index (χ1) is 9.08. The lowest BCUT2D eigenvalue weighted by atomic mass is 10.4. The summed E-state index contributed by atoms with van der Waals surface area (Å²) in [7, 11) is 0. The summed E-state index contributed by atoms with van der Waals surface area (Å²) in [6.07, 6.45) is 2.47. The van der Waals surface area contributed by atoms with Gasteiger partial charge in [-0.3, -0.25) is 9.69 Å². The fraction of sp³-hybridized carbons (Fsp3) is 0.615. The average molecular weight is 282 g/mol. The molecule has 19 heavy (non-hydrogen) atoms. The van der Waals surface area contributed by atoms with E-state index in [1.54, 1.807) is 18.7 Å². The normalized spacial score (nSPS) is 14.3. The van der Waals surface area contributed by atoms with Gasteiger partial charge in [0.15, 0.2) is 5.13 Å². The van der Waals surface area contributed by atoms with Crippen LogP contribution in [-0.2, 0) is 9.53 Å². The zero-order valence-electron chi connectivity index (χ0n) is 11.4. The molecule has 0 bridgehead atoms. The second kappa shape index (κ2) is 5.69. The highest BCUT2D eigenvalue weighted by atomic mass is 32.1. The number of ether oxygens (including phenoxy) is 1. The van der Waals surface area contributed by atoms with Crippen LogP contribution in [0.2, 0.25) is 0 Å². The first-order valence-corrected chi connectivity index (χ1v) is 7.36. The molecule has 0 unspecified atom stereocenters. The van der Waals surface area contributed by atoms with E-state index in [-0.39, 0.29) is 17.9 Å². The van der Waals surface area contributed by atoms with Gasteiger partial charge in [0.2, 0.25) is 5.91 Å². The lowest BCUT2D eigenvalue weighted by Crippen LogP contribution is -2.32. The zero-order valence-corrected chi connectivity index (χ0v) is 12.2. The van der Waals surface area contributed by atoms with Crippen LogP contribution in [0.25, 0.3) is 0 Å². The van der Waals surface area contributed by atoms with Gasteiger partial charge in [-0.15, -0.1) is 0 Å². The van der Waals surface area contributed by atoms with E-state index in [0.29, 0.717) is 28.7 Å². The van der Waals surface area contributed by atoms with Gasteiger partial charge >= 0.3 is 5.97 Å². The molecule has 1 aromatic rings. The number of aryl methyl sites for hydroxylation is 1. The van der Waals surface area contributed by atoms with Crippen molar-refractivity contribution in [2.75, 3.05) is 11.5 Å². The molecule has 2 rings (SSSR count). The molecule has 104 valence electrons. The third-order valence-electron chi connectivity index (χ3n) is 2.94. The molecule has 0 aliphatic heterocycles. The highest BCUT2D eigenvalue weighted by molar-refractivity contribution is 7.17. The van der Waals surface area contributed by atoms with Crippen molar-refractivity contribution in [3.05, 3.63) is 10.6 Å². The van der Waals surface area contributed by atoms with Gasteiger partial charge in [0.1, 0.15) is 4.88 Å². The van der Waals surface area contributed by atoms with E-state index >= 15 is 0 Å². The van der Waals surface area contributed by atoms with Crippen molar-refractivity contribution in [2.24, 2.45) is 0 Å². The van der Waals surface area contributed by atoms with E-state index < -0.39 is 0 Å². The van der Waals surface area contributed by atoms with Gasteiger partial charge in [-0.25, -0.2) is 9.78 Å². The molecule has 1 heterocycles. The maximum Gasteiger partial charge on any atom is 0.350 e. The van der Waals surface area contributed by atoms with Gasteiger partial charge in [-0.2, -0.15) is 0 Å². The van der Waals surface area contributed by atoms with Crippen molar-refractivity contribution >= 4 is 28.3 Å². The monoisotopic (exact) mass is 282 g/mol. The number of aromatic nitrogens is 1. The summed E-state index contributed by atoms with van der Waals surface area (Å²) in [6.45, 7) is 5.72. The number of hydrogen-bond donors (Lipinski definition) is 0. The molecular formula is C13H18N2O3S. The SMILES string of the molecule is CCOC(=O)c1sc(N(C(=O)CC)C2CC2)nc1C. The number of anilines is 1. The second-order valence-electron chi connectivity index (χ2n) is 4.48. The maximum atomic E-state index is 12.0. The summed E-state index contributed by atoms with van der Waals surface area (Å²) in [5.74, 6) is -0.296. The Morgan fingerprint density at radius 1 is 1.42 bits per heavy atom. The van der Waals surface area contributed by atoms with E-state index in [2.05, 4.69) is 4.98 Å². The predicted octanol–water partition coefficient (Wildman–Crippen LogP) is 2.53. The average Bonchev–Trinajstić information content (AvgIpc) is 3.13. The number of rotatable bonds is 5. The molecule has 1 aliphatic rings. The minimum Gasteiger partial charge on any atom is -0.462 e. The summed E-state index contributed by atoms with van der Waals surface area (Å²) < 4.78 is 4.99. The largest absolute Gasteiger partial charge is 0.462 e. The van der Waals surface area contributed by atoms with E-state index in [1.807, 2.05) is 6.92 Å². The molecule has 0 saturated heterocycles. The third-order valence-corrected chi connectivity index (χ3v) is 4.07. The Labute approximate surface area is 116 Å². The molecule has 0 N–H and O–H groups in total. The fourth-order valence-electron chi connectivity index (χ4n) is 1.84. The van der Waals surface area contributed by atoms with Crippen LogP contribution in [0.5, 0.6) is 0 Å². The fourth-order valence-corrected chi connectivity index (χ4v) is 2.89. The molecule has 1 saturated carbocycles. The van der Waals surface area contributed by atoms with Crippen molar-refractivity contribution in [3.63, 3.8) is 0 Å². The molecule has 1 amide bonds.